The van der Waals surface area contributed by atoms with Gasteiger partial charge in [0.05, 0.1) is 0 Å². The van der Waals surface area contributed by atoms with Crippen LogP contribution in [0.1, 0.15) is 80.3 Å². The van der Waals surface area contributed by atoms with E-state index in [1.807, 2.05) is 12.1 Å². The van der Waals surface area contributed by atoms with Crippen LogP contribution in [0.15, 0.2) is 18.2 Å². The van der Waals surface area contributed by atoms with Crippen molar-refractivity contribution in [1.82, 2.24) is 15.1 Å². The molecule has 1 aromatic rings. The van der Waals surface area contributed by atoms with Gasteiger partial charge in [-0.1, -0.05) is 18.6 Å². The molecule has 0 radical (unpaired) electrons. The van der Waals surface area contributed by atoms with Crippen LogP contribution >= 0.6 is 0 Å². The van der Waals surface area contributed by atoms with Gasteiger partial charge < -0.3 is 10.6 Å². The number of imide groups is 1. The second-order valence-electron chi connectivity index (χ2n) is 10.0. The lowest BCUT2D eigenvalue weighted by Crippen LogP contribution is -2.52. The van der Waals surface area contributed by atoms with Crippen LogP contribution in [0, 0.1) is 0 Å². The average molecular weight is 427 g/mol. The Hall–Kier alpha value is -2.25. The summed E-state index contributed by atoms with van der Waals surface area (Å²) >= 11 is 0. The van der Waals surface area contributed by atoms with Gasteiger partial charge in [-0.2, -0.15) is 0 Å². The molecule has 4 rings (SSSR count). The van der Waals surface area contributed by atoms with E-state index >= 15 is 0 Å². The molecule has 2 unspecified atom stereocenters. The molecule has 2 saturated heterocycles. The van der Waals surface area contributed by atoms with Gasteiger partial charge in [-0.05, 0) is 69.7 Å². The van der Waals surface area contributed by atoms with Crippen molar-refractivity contribution in [3.05, 3.63) is 34.9 Å². The number of fused-ring (bicyclic) bond motifs is 1. The molecule has 2 fully saturated rings. The SMILES string of the molecule is CC(C)(N)CCC1CCCCN1Cc1ccc2c(c1)C(=O)N(C1CCC(=O)NC1=O)C2. The molecule has 31 heavy (non-hydrogen) atoms. The zero-order valence-electron chi connectivity index (χ0n) is 18.7. The van der Waals surface area contributed by atoms with E-state index in [0.29, 0.717) is 24.6 Å². The molecule has 2 atom stereocenters. The fraction of sp³-hybridized carbons (Fsp3) is 0.625. The van der Waals surface area contributed by atoms with Crippen LogP contribution in [-0.2, 0) is 22.7 Å². The van der Waals surface area contributed by atoms with Crippen molar-refractivity contribution in [3.63, 3.8) is 0 Å². The molecule has 0 spiro atoms. The third kappa shape index (κ3) is 4.99. The highest BCUT2D eigenvalue weighted by atomic mass is 16.2. The molecule has 1 aromatic carbocycles. The van der Waals surface area contributed by atoms with Gasteiger partial charge in [0, 0.05) is 36.7 Å². The van der Waals surface area contributed by atoms with Crippen LogP contribution < -0.4 is 11.1 Å². The molecule has 3 aliphatic heterocycles. The average Bonchev–Trinajstić information content (AvgIpc) is 3.03. The summed E-state index contributed by atoms with van der Waals surface area (Å²) in [4.78, 5) is 40.9. The van der Waals surface area contributed by atoms with Crippen LogP contribution in [-0.4, -0.2) is 51.7 Å². The lowest BCUT2D eigenvalue weighted by molar-refractivity contribution is -0.136. The Morgan fingerprint density at radius 2 is 1.97 bits per heavy atom. The largest absolute Gasteiger partial charge is 0.326 e. The number of benzene rings is 1. The number of nitrogens with zero attached hydrogens (tertiary/aromatic N) is 2. The van der Waals surface area contributed by atoms with E-state index in [4.69, 9.17) is 5.73 Å². The lowest BCUT2D eigenvalue weighted by atomic mass is 9.91. The molecule has 3 N–H and O–H groups in total. The van der Waals surface area contributed by atoms with E-state index < -0.39 is 6.04 Å². The Morgan fingerprint density at radius 3 is 2.71 bits per heavy atom. The van der Waals surface area contributed by atoms with Crippen LogP contribution in [0.4, 0.5) is 0 Å². The number of hydrogen-bond donors (Lipinski definition) is 2. The van der Waals surface area contributed by atoms with Gasteiger partial charge in [0.1, 0.15) is 6.04 Å². The lowest BCUT2D eigenvalue weighted by Gasteiger charge is -2.37. The third-order valence-corrected chi connectivity index (χ3v) is 6.85. The van der Waals surface area contributed by atoms with Crippen molar-refractivity contribution in [3.8, 4) is 0 Å². The number of piperidine rings is 2. The van der Waals surface area contributed by atoms with Crippen molar-refractivity contribution >= 4 is 17.7 Å². The maximum absolute atomic E-state index is 13.1. The minimum Gasteiger partial charge on any atom is -0.326 e. The molecule has 0 saturated carbocycles. The summed E-state index contributed by atoms with van der Waals surface area (Å²) in [6.07, 6.45) is 6.42. The molecule has 0 aromatic heterocycles. The van der Waals surface area contributed by atoms with E-state index in [1.165, 1.54) is 19.3 Å². The van der Waals surface area contributed by atoms with Gasteiger partial charge in [0.15, 0.2) is 0 Å². The molecule has 168 valence electrons. The second-order valence-corrected chi connectivity index (χ2v) is 10.0. The molecule has 0 bridgehead atoms. The topological polar surface area (TPSA) is 95.7 Å². The zero-order chi connectivity index (χ0) is 22.2. The van der Waals surface area contributed by atoms with Crippen molar-refractivity contribution in [1.29, 1.82) is 0 Å². The van der Waals surface area contributed by atoms with E-state index in [0.717, 1.165) is 37.1 Å². The first-order valence-corrected chi connectivity index (χ1v) is 11.5. The van der Waals surface area contributed by atoms with Gasteiger partial charge >= 0.3 is 0 Å². The monoisotopic (exact) mass is 426 g/mol. The van der Waals surface area contributed by atoms with Gasteiger partial charge in [-0.3, -0.25) is 24.6 Å². The highest BCUT2D eigenvalue weighted by Gasteiger charge is 2.39. The maximum atomic E-state index is 13.1. The zero-order valence-corrected chi connectivity index (χ0v) is 18.7. The molecule has 3 aliphatic rings. The summed E-state index contributed by atoms with van der Waals surface area (Å²) in [5.41, 5.74) is 8.85. The van der Waals surface area contributed by atoms with E-state index in [-0.39, 0.29) is 29.7 Å². The molecular formula is C24H34N4O3. The quantitative estimate of drug-likeness (QED) is 0.681. The summed E-state index contributed by atoms with van der Waals surface area (Å²) in [5.74, 6) is -0.732. The third-order valence-electron chi connectivity index (χ3n) is 6.85. The maximum Gasteiger partial charge on any atom is 0.255 e. The minimum atomic E-state index is -0.563. The van der Waals surface area contributed by atoms with Gasteiger partial charge in [-0.15, -0.1) is 0 Å². The summed E-state index contributed by atoms with van der Waals surface area (Å²) in [5, 5.41) is 2.36. The number of rotatable bonds is 6. The molecule has 3 amide bonds. The number of carbonyl (C=O) groups is 3. The van der Waals surface area contributed by atoms with Crippen molar-refractivity contribution in [2.45, 2.75) is 89.5 Å². The van der Waals surface area contributed by atoms with E-state index in [2.05, 4.69) is 30.1 Å². The van der Waals surface area contributed by atoms with Crippen molar-refractivity contribution in [2.75, 3.05) is 6.54 Å². The first-order chi connectivity index (χ1) is 14.7. The fourth-order valence-corrected chi connectivity index (χ4v) is 5.07. The van der Waals surface area contributed by atoms with Gasteiger partial charge in [0.25, 0.3) is 5.91 Å². The number of hydrogen-bond acceptors (Lipinski definition) is 5. The summed E-state index contributed by atoms with van der Waals surface area (Å²) < 4.78 is 0. The number of nitrogens with one attached hydrogen (secondary N) is 1. The number of nitrogens with two attached hydrogens (primary N) is 1. The van der Waals surface area contributed by atoms with E-state index in [1.54, 1.807) is 4.90 Å². The second kappa shape index (κ2) is 8.71. The van der Waals surface area contributed by atoms with Crippen LogP contribution in [0.2, 0.25) is 0 Å². The number of amides is 3. The van der Waals surface area contributed by atoms with Crippen LogP contribution in [0.25, 0.3) is 0 Å². The highest BCUT2D eigenvalue weighted by Crippen LogP contribution is 2.30. The van der Waals surface area contributed by atoms with Crippen molar-refractivity contribution < 1.29 is 14.4 Å². The Bertz CT molecular complexity index is 876. The van der Waals surface area contributed by atoms with Crippen LogP contribution in [0.5, 0.6) is 0 Å². The Labute approximate surface area is 184 Å². The van der Waals surface area contributed by atoms with Crippen molar-refractivity contribution in [2.24, 2.45) is 5.73 Å². The Balaban J connectivity index is 1.45. The fourth-order valence-electron chi connectivity index (χ4n) is 5.07. The smallest absolute Gasteiger partial charge is 0.255 e. The molecular weight excluding hydrogens is 392 g/mol. The predicted molar refractivity (Wildman–Crippen MR) is 118 cm³/mol. The standard InChI is InChI=1S/C24H34N4O3/c1-24(2,25)11-10-18-5-3-4-12-27(18)14-16-6-7-17-15-28(23(31)19(17)13-16)20-8-9-21(29)26-22(20)30/h6-7,13,18,20H,3-5,8-12,14-15,25H2,1-2H3,(H,26,29,30). The molecule has 0 aliphatic carbocycles. The molecule has 7 nitrogen and oxygen atoms in total. The van der Waals surface area contributed by atoms with E-state index in [9.17, 15) is 14.4 Å². The summed E-state index contributed by atoms with van der Waals surface area (Å²) in [6, 6.07) is 6.10. The molecule has 3 heterocycles. The molecule has 7 heteroatoms. The van der Waals surface area contributed by atoms with Gasteiger partial charge in [-0.25, -0.2) is 0 Å². The summed E-state index contributed by atoms with van der Waals surface area (Å²) in [7, 11) is 0. The minimum absolute atomic E-state index is 0.105. The normalized spacial score (nSPS) is 25.0. The van der Waals surface area contributed by atoms with Crippen LogP contribution in [0.3, 0.4) is 0 Å². The number of carbonyl (C=O) groups excluding carboxylic acids is 3. The van der Waals surface area contributed by atoms with Gasteiger partial charge in [0.2, 0.25) is 11.8 Å². The highest BCUT2D eigenvalue weighted by molar-refractivity contribution is 6.05. The Morgan fingerprint density at radius 1 is 1.16 bits per heavy atom. The first kappa shape index (κ1) is 22.0. The Kier molecular flexibility index (Phi) is 6.17. The number of likely N-dealkylation sites (tertiary alicyclic amines) is 1. The predicted octanol–water partition coefficient (Wildman–Crippen LogP) is 2.32. The summed E-state index contributed by atoms with van der Waals surface area (Å²) in [6.45, 7) is 6.50. The first-order valence-electron chi connectivity index (χ1n) is 11.5.